The van der Waals surface area contributed by atoms with Crippen LogP contribution in [0.2, 0.25) is 0 Å². The molecule has 0 saturated carbocycles. The van der Waals surface area contributed by atoms with Gasteiger partial charge < -0.3 is 19.6 Å². The lowest BCUT2D eigenvalue weighted by atomic mass is 9.98. The first kappa shape index (κ1) is 16.1. The van der Waals surface area contributed by atoms with Crippen molar-refractivity contribution < 1.29 is 19.4 Å². The Balaban J connectivity index is 1.90. The molecule has 0 bridgehead atoms. The van der Waals surface area contributed by atoms with Crippen LogP contribution in [0.25, 0.3) is 0 Å². The lowest BCUT2D eigenvalue weighted by Gasteiger charge is -2.41. The van der Waals surface area contributed by atoms with E-state index in [0.717, 1.165) is 51.7 Å². The van der Waals surface area contributed by atoms with Gasteiger partial charge in [0.05, 0.1) is 6.10 Å². The van der Waals surface area contributed by atoms with Crippen LogP contribution in [0.4, 0.5) is 4.79 Å². The van der Waals surface area contributed by atoms with Gasteiger partial charge in [-0.05, 0) is 38.5 Å². The number of amides is 2. The molecule has 1 unspecified atom stereocenters. The van der Waals surface area contributed by atoms with Gasteiger partial charge >= 0.3 is 12.0 Å². The topological polar surface area (TPSA) is 70.1 Å². The molecule has 0 aliphatic carbocycles. The largest absolute Gasteiger partial charge is 0.481 e. The van der Waals surface area contributed by atoms with Crippen molar-refractivity contribution in [3.05, 3.63) is 0 Å². The molecule has 2 heterocycles. The number of carboxylic acids is 1. The smallest absolute Gasteiger partial charge is 0.320 e. The van der Waals surface area contributed by atoms with Crippen molar-refractivity contribution in [3.8, 4) is 0 Å². The maximum Gasteiger partial charge on any atom is 0.320 e. The van der Waals surface area contributed by atoms with Gasteiger partial charge in [-0.25, -0.2) is 4.79 Å². The summed E-state index contributed by atoms with van der Waals surface area (Å²) in [5.74, 6) is -0.783. The van der Waals surface area contributed by atoms with E-state index in [4.69, 9.17) is 9.84 Å². The maximum atomic E-state index is 12.7. The van der Waals surface area contributed by atoms with Crippen LogP contribution < -0.4 is 0 Å². The summed E-state index contributed by atoms with van der Waals surface area (Å²) < 4.78 is 5.33. The number of hydrogen-bond donors (Lipinski definition) is 1. The third-order valence-electron chi connectivity index (χ3n) is 4.61. The molecule has 0 aromatic carbocycles. The highest BCUT2D eigenvalue weighted by atomic mass is 16.5. The average Bonchev–Trinajstić information content (AvgIpc) is 2.52. The van der Waals surface area contributed by atoms with Crippen LogP contribution in [0.5, 0.6) is 0 Å². The van der Waals surface area contributed by atoms with Gasteiger partial charge in [-0.3, -0.25) is 4.79 Å². The third-order valence-corrected chi connectivity index (χ3v) is 4.61. The Labute approximate surface area is 126 Å². The molecule has 120 valence electrons. The van der Waals surface area contributed by atoms with E-state index in [-0.39, 0.29) is 24.6 Å². The molecule has 21 heavy (non-hydrogen) atoms. The Bertz CT molecular complexity index is 367. The van der Waals surface area contributed by atoms with Gasteiger partial charge in [0, 0.05) is 39.2 Å². The normalized spacial score (nSPS) is 24.1. The lowest BCUT2D eigenvalue weighted by molar-refractivity contribution is -0.137. The molecule has 0 radical (unpaired) electrons. The van der Waals surface area contributed by atoms with Gasteiger partial charge in [-0.1, -0.05) is 0 Å². The summed E-state index contributed by atoms with van der Waals surface area (Å²) in [5.41, 5.74) is 0. The van der Waals surface area contributed by atoms with Gasteiger partial charge in [-0.2, -0.15) is 0 Å². The van der Waals surface area contributed by atoms with E-state index >= 15 is 0 Å². The third kappa shape index (κ3) is 4.33. The van der Waals surface area contributed by atoms with E-state index in [2.05, 4.69) is 0 Å². The number of methoxy groups -OCH3 is 1. The van der Waals surface area contributed by atoms with Crippen molar-refractivity contribution in [2.24, 2.45) is 0 Å². The molecule has 1 N–H and O–H groups in total. The number of rotatable bonds is 4. The Morgan fingerprint density at radius 3 is 2.48 bits per heavy atom. The number of piperidine rings is 2. The van der Waals surface area contributed by atoms with E-state index in [9.17, 15) is 9.59 Å². The van der Waals surface area contributed by atoms with Gasteiger partial charge in [0.2, 0.25) is 0 Å². The fraction of sp³-hybridized carbons (Fsp3) is 0.867. The first-order valence-electron chi connectivity index (χ1n) is 7.92. The van der Waals surface area contributed by atoms with Crippen LogP contribution in [-0.2, 0) is 9.53 Å². The molecule has 2 saturated heterocycles. The summed E-state index contributed by atoms with van der Waals surface area (Å²) >= 11 is 0. The zero-order valence-corrected chi connectivity index (χ0v) is 12.8. The van der Waals surface area contributed by atoms with Crippen molar-refractivity contribution in [2.45, 2.75) is 57.1 Å². The summed E-state index contributed by atoms with van der Waals surface area (Å²) in [4.78, 5) is 27.2. The Morgan fingerprint density at radius 1 is 1.14 bits per heavy atom. The van der Waals surface area contributed by atoms with E-state index in [1.54, 1.807) is 7.11 Å². The van der Waals surface area contributed by atoms with Crippen LogP contribution in [0.3, 0.4) is 0 Å². The number of hydrogen-bond acceptors (Lipinski definition) is 3. The standard InChI is InChI=1S/C15H26N2O4/c1-21-13-7-10-16(11-8-13)15(20)17-9-3-2-4-12(17)5-6-14(18)19/h12-13H,2-11H2,1H3,(H,18,19). The lowest BCUT2D eigenvalue weighted by Crippen LogP contribution is -2.52. The Hall–Kier alpha value is -1.30. The molecule has 6 nitrogen and oxygen atoms in total. The summed E-state index contributed by atoms with van der Waals surface area (Å²) in [6.45, 7) is 2.23. The van der Waals surface area contributed by atoms with Crippen molar-refractivity contribution in [2.75, 3.05) is 26.7 Å². The van der Waals surface area contributed by atoms with E-state index in [1.807, 2.05) is 9.80 Å². The molecule has 0 aromatic heterocycles. The number of ether oxygens (including phenoxy) is 1. The average molecular weight is 298 g/mol. The molecular formula is C15H26N2O4. The number of carboxylic acid groups (broad SMARTS) is 1. The molecule has 6 heteroatoms. The molecule has 1 atom stereocenters. The Kier molecular flexibility index (Phi) is 5.85. The van der Waals surface area contributed by atoms with Crippen molar-refractivity contribution in [1.29, 1.82) is 0 Å². The molecular weight excluding hydrogens is 272 g/mol. The van der Waals surface area contributed by atoms with Gasteiger partial charge in [0.25, 0.3) is 0 Å². The van der Waals surface area contributed by atoms with Crippen LogP contribution >= 0.6 is 0 Å². The molecule has 0 spiro atoms. The molecule has 2 rings (SSSR count). The van der Waals surface area contributed by atoms with Crippen LogP contribution in [0.15, 0.2) is 0 Å². The van der Waals surface area contributed by atoms with Crippen LogP contribution in [0, 0.1) is 0 Å². The fourth-order valence-corrected chi connectivity index (χ4v) is 3.31. The van der Waals surface area contributed by atoms with Gasteiger partial charge in [0.1, 0.15) is 0 Å². The minimum Gasteiger partial charge on any atom is -0.481 e. The van der Waals surface area contributed by atoms with Crippen molar-refractivity contribution in [3.63, 3.8) is 0 Å². The first-order chi connectivity index (χ1) is 10.1. The zero-order chi connectivity index (χ0) is 15.2. The number of carbonyl (C=O) groups is 2. The van der Waals surface area contributed by atoms with E-state index in [0.29, 0.717) is 6.42 Å². The summed E-state index contributed by atoms with van der Waals surface area (Å²) in [6, 6.07) is 0.169. The summed E-state index contributed by atoms with van der Waals surface area (Å²) in [5, 5.41) is 8.85. The molecule has 0 aromatic rings. The zero-order valence-electron chi connectivity index (χ0n) is 12.8. The predicted molar refractivity (Wildman–Crippen MR) is 78.2 cm³/mol. The van der Waals surface area contributed by atoms with Crippen molar-refractivity contribution in [1.82, 2.24) is 9.80 Å². The maximum absolute atomic E-state index is 12.7. The highest BCUT2D eigenvalue weighted by Gasteiger charge is 2.32. The van der Waals surface area contributed by atoms with Crippen LogP contribution in [-0.4, -0.2) is 65.8 Å². The van der Waals surface area contributed by atoms with Crippen LogP contribution in [0.1, 0.15) is 44.9 Å². The molecule has 2 aliphatic rings. The number of urea groups is 1. The molecule has 2 fully saturated rings. The first-order valence-corrected chi connectivity index (χ1v) is 7.92. The number of likely N-dealkylation sites (tertiary alicyclic amines) is 2. The Morgan fingerprint density at radius 2 is 1.86 bits per heavy atom. The van der Waals surface area contributed by atoms with Gasteiger partial charge in [0.15, 0.2) is 0 Å². The highest BCUT2D eigenvalue weighted by molar-refractivity contribution is 5.75. The van der Waals surface area contributed by atoms with Gasteiger partial charge in [-0.15, -0.1) is 0 Å². The molecule has 2 amide bonds. The summed E-state index contributed by atoms with van der Waals surface area (Å²) in [7, 11) is 1.72. The second-order valence-electron chi connectivity index (χ2n) is 5.98. The number of carbonyl (C=O) groups excluding carboxylic acids is 1. The highest BCUT2D eigenvalue weighted by Crippen LogP contribution is 2.24. The fourth-order valence-electron chi connectivity index (χ4n) is 3.31. The monoisotopic (exact) mass is 298 g/mol. The van der Waals surface area contributed by atoms with E-state index < -0.39 is 5.97 Å². The van der Waals surface area contributed by atoms with E-state index in [1.165, 1.54) is 0 Å². The second kappa shape index (κ2) is 7.64. The second-order valence-corrected chi connectivity index (χ2v) is 5.98. The number of aliphatic carboxylic acids is 1. The quantitative estimate of drug-likeness (QED) is 0.861. The minimum atomic E-state index is -0.783. The predicted octanol–water partition coefficient (Wildman–Crippen LogP) is 1.94. The minimum absolute atomic E-state index is 0.0830. The SMILES string of the molecule is COC1CCN(C(=O)N2CCCCC2CCC(=O)O)CC1. The number of nitrogens with zero attached hydrogens (tertiary/aromatic N) is 2. The summed E-state index contributed by atoms with van der Waals surface area (Å²) in [6.07, 6.45) is 5.76. The molecule has 2 aliphatic heterocycles. The van der Waals surface area contributed by atoms with Crippen molar-refractivity contribution >= 4 is 12.0 Å².